The number of carbonyl (C=O) groups excluding carboxylic acids is 1. The number of aromatic nitrogens is 2. The lowest BCUT2D eigenvalue weighted by Gasteiger charge is -2.31. The van der Waals surface area contributed by atoms with Crippen molar-refractivity contribution in [3.8, 4) is 5.75 Å². The number of esters is 1. The zero-order valence-electron chi connectivity index (χ0n) is 20.2. The Morgan fingerprint density at radius 2 is 1.79 bits per heavy atom. The fourth-order valence-corrected chi connectivity index (χ4v) is 3.90. The van der Waals surface area contributed by atoms with Crippen molar-refractivity contribution in [2.45, 2.75) is 46.5 Å². The van der Waals surface area contributed by atoms with E-state index in [9.17, 15) is 14.4 Å². The van der Waals surface area contributed by atoms with E-state index in [1.807, 2.05) is 38.1 Å². The summed E-state index contributed by atoms with van der Waals surface area (Å²) in [6.45, 7) is 8.67. The summed E-state index contributed by atoms with van der Waals surface area (Å²) in [6, 6.07) is 7.39. The van der Waals surface area contributed by atoms with Crippen molar-refractivity contribution >= 4 is 11.8 Å². The number of anilines is 1. The Morgan fingerprint density at radius 3 is 2.39 bits per heavy atom. The molecule has 0 spiro atoms. The van der Waals surface area contributed by atoms with Gasteiger partial charge in [-0.2, -0.15) is 0 Å². The number of ether oxygens (including phenoxy) is 2. The summed E-state index contributed by atoms with van der Waals surface area (Å²) >= 11 is 0. The maximum Gasteiger partial charge on any atom is 0.336 e. The van der Waals surface area contributed by atoms with E-state index in [-0.39, 0.29) is 12.5 Å². The van der Waals surface area contributed by atoms with Crippen LogP contribution in [0.2, 0.25) is 0 Å². The molecule has 1 N–H and O–H groups in total. The van der Waals surface area contributed by atoms with Crippen LogP contribution in [0.5, 0.6) is 5.75 Å². The second kappa shape index (κ2) is 10.1. The van der Waals surface area contributed by atoms with Gasteiger partial charge >= 0.3 is 11.7 Å². The molecule has 2 aromatic rings. The molecule has 0 radical (unpaired) electrons. The van der Waals surface area contributed by atoms with Crippen molar-refractivity contribution < 1.29 is 14.3 Å². The SMILES string of the molecule is CCCCOc1ccc(C2C(C(=O)OCC(C)C)=C(C)Nc3c2c(=O)n(C)c(=O)n3C)cc1. The van der Waals surface area contributed by atoms with Crippen molar-refractivity contribution in [2.24, 2.45) is 20.0 Å². The summed E-state index contributed by atoms with van der Waals surface area (Å²) < 4.78 is 13.8. The molecule has 1 aromatic heterocycles. The van der Waals surface area contributed by atoms with Crippen molar-refractivity contribution in [2.75, 3.05) is 18.5 Å². The molecule has 0 amide bonds. The Hall–Kier alpha value is -3.29. The Bertz CT molecular complexity index is 1170. The lowest BCUT2D eigenvalue weighted by molar-refractivity contribution is -0.140. The minimum atomic E-state index is -0.684. The number of fused-ring (bicyclic) bond motifs is 1. The van der Waals surface area contributed by atoms with Gasteiger partial charge in [0.15, 0.2) is 0 Å². The van der Waals surface area contributed by atoms with Crippen molar-refractivity contribution in [3.63, 3.8) is 0 Å². The highest BCUT2D eigenvalue weighted by molar-refractivity contribution is 5.94. The zero-order chi connectivity index (χ0) is 24.3. The smallest absolute Gasteiger partial charge is 0.336 e. The lowest BCUT2D eigenvalue weighted by Crippen LogP contribution is -2.43. The summed E-state index contributed by atoms with van der Waals surface area (Å²) in [4.78, 5) is 39.0. The predicted molar refractivity (Wildman–Crippen MR) is 128 cm³/mol. The van der Waals surface area contributed by atoms with E-state index < -0.39 is 23.1 Å². The number of allylic oxidation sites excluding steroid dienone is 1. The number of rotatable bonds is 8. The molecule has 1 atom stereocenters. The topological polar surface area (TPSA) is 91.6 Å². The molecule has 178 valence electrons. The Balaban J connectivity index is 2.15. The molecule has 0 aliphatic carbocycles. The molecule has 2 heterocycles. The maximum atomic E-state index is 13.3. The van der Waals surface area contributed by atoms with E-state index >= 15 is 0 Å². The number of carbonyl (C=O) groups is 1. The van der Waals surface area contributed by atoms with Gasteiger partial charge in [-0.15, -0.1) is 0 Å². The summed E-state index contributed by atoms with van der Waals surface area (Å²) in [7, 11) is 3.04. The molecule has 0 fully saturated rings. The molecule has 8 heteroatoms. The van der Waals surface area contributed by atoms with Gasteiger partial charge < -0.3 is 14.8 Å². The highest BCUT2D eigenvalue weighted by Gasteiger charge is 2.37. The largest absolute Gasteiger partial charge is 0.494 e. The fourth-order valence-electron chi connectivity index (χ4n) is 3.90. The summed E-state index contributed by atoms with van der Waals surface area (Å²) in [5.41, 5.74) is 1.10. The third-order valence-corrected chi connectivity index (χ3v) is 5.73. The lowest BCUT2D eigenvalue weighted by atomic mass is 9.82. The fraction of sp³-hybridized carbons (Fsp3) is 0.480. The average molecular weight is 456 g/mol. The number of hydrogen-bond acceptors (Lipinski definition) is 6. The summed E-state index contributed by atoms with van der Waals surface area (Å²) in [5, 5.41) is 3.10. The van der Waals surface area contributed by atoms with Crippen LogP contribution in [-0.2, 0) is 23.6 Å². The molecule has 1 unspecified atom stereocenters. The van der Waals surface area contributed by atoms with Crippen LogP contribution < -0.4 is 21.3 Å². The molecular formula is C25H33N3O5. The standard InChI is InChI=1S/C25H33N3O5/c1-7-8-13-32-18-11-9-17(10-12-18)20-19(24(30)33-14-15(2)3)16(4)26-22-21(20)23(29)28(6)25(31)27(22)5/h9-12,15,20,26H,7-8,13-14H2,1-6H3. The quantitative estimate of drug-likeness (QED) is 0.485. The first-order chi connectivity index (χ1) is 15.7. The molecule has 1 aliphatic rings. The van der Waals surface area contributed by atoms with Gasteiger partial charge in [-0.25, -0.2) is 9.59 Å². The van der Waals surface area contributed by atoms with E-state index in [4.69, 9.17) is 9.47 Å². The number of hydrogen-bond donors (Lipinski definition) is 1. The van der Waals surface area contributed by atoms with Crippen LogP contribution >= 0.6 is 0 Å². The van der Waals surface area contributed by atoms with Crippen LogP contribution in [0, 0.1) is 5.92 Å². The molecule has 1 aromatic carbocycles. The highest BCUT2D eigenvalue weighted by Crippen LogP contribution is 2.40. The second-order valence-corrected chi connectivity index (χ2v) is 8.83. The van der Waals surface area contributed by atoms with Gasteiger partial charge in [0.05, 0.1) is 30.3 Å². The Morgan fingerprint density at radius 1 is 1.12 bits per heavy atom. The molecule has 1 aliphatic heterocycles. The zero-order valence-corrected chi connectivity index (χ0v) is 20.2. The number of nitrogens with zero attached hydrogens (tertiary/aromatic N) is 2. The third kappa shape index (κ3) is 4.89. The van der Waals surface area contributed by atoms with E-state index in [0.29, 0.717) is 29.3 Å². The third-order valence-electron chi connectivity index (χ3n) is 5.73. The Kier molecular flexibility index (Phi) is 7.46. The molecule has 33 heavy (non-hydrogen) atoms. The molecule has 3 rings (SSSR count). The molecule has 8 nitrogen and oxygen atoms in total. The van der Waals surface area contributed by atoms with Crippen molar-refractivity contribution in [3.05, 3.63) is 67.5 Å². The first-order valence-electron chi connectivity index (χ1n) is 11.3. The monoisotopic (exact) mass is 455 g/mol. The van der Waals surface area contributed by atoms with Crippen LogP contribution in [0.1, 0.15) is 57.6 Å². The van der Waals surface area contributed by atoms with Gasteiger partial charge in [-0.1, -0.05) is 39.3 Å². The van der Waals surface area contributed by atoms with Gasteiger partial charge in [0.25, 0.3) is 5.56 Å². The van der Waals surface area contributed by atoms with E-state index in [2.05, 4.69) is 12.2 Å². The van der Waals surface area contributed by atoms with Crippen molar-refractivity contribution in [1.29, 1.82) is 0 Å². The second-order valence-electron chi connectivity index (χ2n) is 8.83. The van der Waals surface area contributed by atoms with Crippen LogP contribution in [-0.4, -0.2) is 28.3 Å². The highest BCUT2D eigenvalue weighted by atomic mass is 16.5. The van der Waals surface area contributed by atoms with Gasteiger partial charge in [-0.05, 0) is 37.0 Å². The summed E-state index contributed by atoms with van der Waals surface area (Å²) in [5.74, 6) is 0.110. The van der Waals surface area contributed by atoms with E-state index in [1.54, 1.807) is 14.0 Å². The minimum absolute atomic E-state index is 0.172. The van der Waals surface area contributed by atoms with Crippen LogP contribution in [0.25, 0.3) is 0 Å². The maximum absolute atomic E-state index is 13.3. The number of nitrogens with one attached hydrogen (secondary N) is 1. The normalized spacial score (nSPS) is 15.3. The van der Waals surface area contributed by atoms with Gasteiger partial charge in [-0.3, -0.25) is 13.9 Å². The molecule has 0 saturated carbocycles. The van der Waals surface area contributed by atoms with Crippen LogP contribution in [0.3, 0.4) is 0 Å². The first-order valence-corrected chi connectivity index (χ1v) is 11.3. The van der Waals surface area contributed by atoms with Gasteiger partial charge in [0.1, 0.15) is 11.6 Å². The number of benzene rings is 1. The first kappa shape index (κ1) is 24.4. The van der Waals surface area contributed by atoms with E-state index in [0.717, 1.165) is 28.7 Å². The molecular weight excluding hydrogens is 422 g/mol. The van der Waals surface area contributed by atoms with Crippen LogP contribution in [0.4, 0.5) is 5.82 Å². The van der Waals surface area contributed by atoms with Crippen LogP contribution in [0.15, 0.2) is 45.1 Å². The molecule has 0 bridgehead atoms. The minimum Gasteiger partial charge on any atom is -0.494 e. The van der Waals surface area contributed by atoms with Gasteiger partial charge in [0.2, 0.25) is 0 Å². The summed E-state index contributed by atoms with van der Waals surface area (Å²) in [6.07, 6.45) is 2.00. The average Bonchev–Trinajstić information content (AvgIpc) is 2.79. The Labute approximate surface area is 193 Å². The predicted octanol–water partition coefficient (Wildman–Crippen LogP) is 3.29. The number of unbranched alkanes of at least 4 members (excludes halogenated alkanes) is 1. The van der Waals surface area contributed by atoms with Gasteiger partial charge in [0, 0.05) is 19.8 Å². The van der Waals surface area contributed by atoms with Crippen molar-refractivity contribution in [1.82, 2.24) is 9.13 Å². The molecule has 0 saturated heterocycles. The van der Waals surface area contributed by atoms with E-state index in [1.165, 1.54) is 11.6 Å².